The number of hydrogen-bond acceptors (Lipinski definition) is 5. The molecule has 172 valence electrons. The number of amides is 1. The zero-order valence-electron chi connectivity index (χ0n) is 19.2. The second-order valence-corrected chi connectivity index (χ2v) is 8.72. The first-order valence-corrected chi connectivity index (χ1v) is 11.2. The van der Waals surface area contributed by atoms with E-state index in [4.69, 9.17) is 14.2 Å². The lowest BCUT2D eigenvalue weighted by Gasteiger charge is -2.39. The topological polar surface area (TPSA) is 75.8 Å². The minimum Gasteiger partial charge on any atom is -0.493 e. The van der Waals surface area contributed by atoms with Gasteiger partial charge < -0.3 is 24.5 Å². The third kappa shape index (κ3) is 4.04. The molecular weight excluding hydrogens is 418 g/mol. The van der Waals surface area contributed by atoms with Crippen molar-refractivity contribution in [3.63, 3.8) is 0 Å². The lowest BCUT2D eigenvalue weighted by atomic mass is 9.80. The van der Waals surface area contributed by atoms with E-state index < -0.39 is 6.09 Å². The molecule has 0 unspecified atom stereocenters. The number of hydrogen-bond donors (Lipinski definition) is 2. The second kappa shape index (κ2) is 8.83. The number of likely N-dealkylation sites (N-methyl/N-ethyl adjacent to an activating group) is 1. The number of alkyl carbamates (subject to hydrolysis) is 1. The van der Waals surface area contributed by atoms with E-state index in [-0.39, 0.29) is 5.92 Å². The highest BCUT2D eigenvalue weighted by Gasteiger charge is 2.33. The second-order valence-electron chi connectivity index (χ2n) is 8.72. The first kappa shape index (κ1) is 21.4. The van der Waals surface area contributed by atoms with E-state index in [1.807, 2.05) is 18.2 Å². The van der Waals surface area contributed by atoms with Gasteiger partial charge in [-0.05, 0) is 53.9 Å². The fourth-order valence-corrected chi connectivity index (χ4v) is 5.05. The fraction of sp³-hybridized carbons (Fsp3) is 0.346. The summed E-state index contributed by atoms with van der Waals surface area (Å²) in [6.07, 6.45) is 5.01. The first-order valence-electron chi connectivity index (χ1n) is 11.2. The molecule has 1 amide bonds. The average Bonchev–Trinajstić information content (AvgIpc) is 3.26. The lowest BCUT2D eigenvalue weighted by molar-refractivity contribution is 0.120. The lowest BCUT2D eigenvalue weighted by Crippen LogP contribution is -2.43. The number of carbonyl (C=O) groups excluding carboxylic acids is 1. The molecule has 0 saturated heterocycles. The number of rotatable bonds is 6. The van der Waals surface area contributed by atoms with Crippen LogP contribution in [0.2, 0.25) is 0 Å². The Balaban J connectivity index is 1.23. The predicted octanol–water partition coefficient (Wildman–Crippen LogP) is 3.98. The highest BCUT2D eigenvalue weighted by atomic mass is 16.5. The first-order chi connectivity index (χ1) is 16.1. The summed E-state index contributed by atoms with van der Waals surface area (Å²) in [5, 5.41) is 4.15. The number of benzene rings is 2. The number of nitrogens with zero attached hydrogens (tertiary/aromatic N) is 1. The number of H-pyrrole nitrogens is 1. The molecule has 1 aliphatic heterocycles. The Labute approximate surface area is 193 Å². The number of methoxy groups -OCH3 is 2. The average molecular weight is 448 g/mol. The highest BCUT2D eigenvalue weighted by Crippen LogP contribution is 2.40. The van der Waals surface area contributed by atoms with Crippen molar-refractivity contribution in [2.24, 2.45) is 5.92 Å². The third-order valence-corrected chi connectivity index (χ3v) is 6.65. The van der Waals surface area contributed by atoms with Crippen molar-refractivity contribution < 1.29 is 19.0 Å². The van der Waals surface area contributed by atoms with Gasteiger partial charge >= 0.3 is 6.09 Å². The molecule has 5 rings (SSSR count). The minimum atomic E-state index is -0.424. The Morgan fingerprint density at radius 1 is 1.18 bits per heavy atom. The van der Waals surface area contributed by atoms with Crippen LogP contribution in [0.15, 0.2) is 48.7 Å². The SMILES string of the molecule is COc1ccc(CNC(=O)OC[C@@H]2C=C3c4cccc5[nH]cc(c45)C[C@H]3N(C)C2)cc1OC. The van der Waals surface area contributed by atoms with E-state index >= 15 is 0 Å². The summed E-state index contributed by atoms with van der Waals surface area (Å²) < 4.78 is 16.1. The monoisotopic (exact) mass is 447 g/mol. The number of fused-ring (bicyclic) bond motifs is 2. The largest absolute Gasteiger partial charge is 0.493 e. The molecule has 7 heteroatoms. The smallest absolute Gasteiger partial charge is 0.407 e. The molecule has 2 aliphatic rings. The van der Waals surface area contributed by atoms with Crippen LogP contribution in [0.4, 0.5) is 4.79 Å². The Morgan fingerprint density at radius 3 is 2.85 bits per heavy atom. The van der Waals surface area contributed by atoms with Crippen LogP contribution in [0.1, 0.15) is 16.7 Å². The van der Waals surface area contributed by atoms with Gasteiger partial charge in [-0.1, -0.05) is 24.3 Å². The number of nitrogens with one attached hydrogen (secondary N) is 2. The number of aromatic nitrogens is 1. The molecule has 33 heavy (non-hydrogen) atoms. The molecule has 1 aliphatic carbocycles. The number of ether oxygens (including phenoxy) is 3. The molecule has 3 aromatic rings. The van der Waals surface area contributed by atoms with E-state index in [0.29, 0.717) is 30.7 Å². The molecule has 0 spiro atoms. The summed E-state index contributed by atoms with van der Waals surface area (Å²) in [6, 6.07) is 12.3. The molecule has 0 fully saturated rings. The number of carbonyl (C=O) groups is 1. The Bertz CT molecular complexity index is 1220. The molecule has 7 nitrogen and oxygen atoms in total. The van der Waals surface area contributed by atoms with Gasteiger partial charge in [-0.3, -0.25) is 4.90 Å². The highest BCUT2D eigenvalue weighted by molar-refractivity contribution is 5.98. The van der Waals surface area contributed by atoms with Gasteiger partial charge in [-0.25, -0.2) is 4.79 Å². The summed E-state index contributed by atoms with van der Waals surface area (Å²) >= 11 is 0. The van der Waals surface area contributed by atoms with Crippen molar-refractivity contribution in [2.45, 2.75) is 19.0 Å². The van der Waals surface area contributed by atoms with Gasteiger partial charge in [-0.2, -0.15) is 0 Å². The van der Waals surface area contributed by atoms with Crippen LogP contribution in [0.3, 0.4) is 0 Å². The van der Waals surface area contributed by atoms with Crippen LogP contribution < -0.4 is 14.8 Å². The van der Waals surface area contributed by atoms with Gasteiger partial charge in [0.15, 0.2) is 11.5 Å². The molecule has 0 saturated carbocycles. The Hall–Kier alpha value is -3.45. The molecule has 2 N–H and O–H groups in total. The maximum absolute atomic E-state index is 12.4. The summed E-state index contributed by atoms with van der Waals surface area (Å²) in [6.45, 7) is 1.55. The van der Waals surface area contributed by atoms with Crippen LogP contribution in [0, 0.1) is 5.92 Å². The Morgan fingerprint density at radius 2 is 2.03 bits per heavy atom. The van der Waals surface area contributed by atoms with Gasteiger partial charge in [0.25, 0.3) is 0 Å². The van der Waals surface area contributed by atoms with Crippen molar-refractivity contribution in [3.8, 4) is 11.5 Å². The summed E-state index contributed by atoms with van der Waals surface area (Å²) in [5.74, 6) is 1.43. The van der Waals surface area contributed by atoms with Crippen LogP contribution in [-0.2, 0) is 17.7 Å². The fourth-order valence-electron chi connectivity index (χ4n) is 5.05. The van der Waals surface area contributed by atoms with Gasteiger partial charge in [0.2, 0.25) is 0 Å². The van der Waals surface area contributed by atoms with Crippen LogP contribution in [-0.4, -0.2) is 56.4 Å². The maximum Gasteiger partial charge on any atom is 0.407 e. The zero-order chi connectivity index (χ0) is 22.9. The van der Waals surface area contributed by atoms with Crippen molar-refractivity contribution in [1.29, 1.82) is 0 Å². The molecule has 2 aromatic carbocycles. The van der Waals surface area contributed by atoms with Gasteiger partial charge in [-0.15, -0.1) is 0 Å². The Kier molecular flexibility index (Phi) is 5.72. The molecule has 2 atom stereocenters. The van der Waals surface area contributed by atoms with Crippen LogP contribution >= 0.6 is 0 Å². The zero-order valence-corrected chi connectivity index (χ0v) is 19.2. The quantitative estimate of drug-likeness (QED) is 0.598. The number of aromatic amines is 1. The summed E-state index contributed by atoms with van der Waals surface area (Å²) in [4.78, 5) is 18.1. The summed E-state index contributed by atoms with van der Waals surface area (Å²) in [7, 11) is 5.34. The van der Waals surface area contributed by atoms with E-state index in [2.05, 4.69) is 52.7 Å². The van der Waals surface area contributed by atoms with E-state index in [9.17, 15) is 4.79 Å². The van der Waals surface area contributed by atoms with Gasteiger partial charge in [0.05, 0.1) is 14.2 Å². The van der Waals surface area contributed by atoms with Crippen LogP contribution in [0.25, 0.3) is 16.5 Å². The van der Waals surface area contributed by atoms with E-state index in [0.717, 1.165) is 18.5 Å². The van der Waals surface area contributed by atoms with E-state index in [1.165, 1.54) is 27.6 Å². The summed E-state index contributed by atoms with van der Waals surface area (Å²) in [5.41, 5.74) is 6.08. The van der Waals surface area contributed by atoms with Crippen molar-refractivity contribution in [1.82, 2.24) is 15.2 Å². The molecular formula is C26H29N3O4. The standard InChI is InChI=1S/C26H29N3O4/c1-29-14-17(9-20-19-5-4-6-21-25(19)18(13-27-21)11-22(20)29)15-33-26(30)28-12-16-7-8-23(31-2)24(10-16)32-3/h4-10,13,17,22,27H,11-12,14-15H2,1-3H3,(H,28,30)/t17-,22-/m1/s1. The van der Waals surface area contributed by atoms with E-state index in [1.54, 1.807) is 14.2 Å². The minimum absolute atomic E-state index is 0.142. The maximum atomic E-state index is 12.4. The molecule has 1 aromatic heterocycles. The van der Waals surface area contributed by atoms with Crippen molar-refractivity contribution in [3.05, 3.63) is 65.4 Å². The molecule has 0 radical (unpaired) electrons. The predicted molar refractivity (Wildman–Crippen MR) is 128 cm³/mol. The molecule has 2 heterocycles. The normalized spacial score (nSPS) is 19.5. The van der Waals surface area contributed by atoms with Gasteiger partial charge in [0, 0.05) is 42.1 Å². The van der Waals surface area contributed by atoms with Gasteiger partial charge in [0.1, 0.15) is 6.61 Å². The van der Waals surface area contributed by atoms with Crippen LogP contribution in [0.5, 0.6) is 11.5 Å². The molecule has 0 bridgehead atoms. The van der Waals surface area contributed by atoms with Crippen molar-refractivity contribution >= 4 is 22.6 Å². The van der Waals surface area contributed by atoms with Crippen molar-refractivity contribution in [2.75, 3.05) is 34.4 Å². The third-order valence-electron chi connectivity index (χ3n) is 6.65.